The van der Waals surface area contributed by atoms with Gasteiger partial charge in [-0.3, -0.25) is 0 Å². The Morgan fingerprint density at radius 1 is 0.900 bits per heavy atom. The minimum Gasteiger partial charge on any atom is -0.393 e. The third-order valence-corrected chi connectivity index (χ3v) is 11.7. The van der Waals surface area contributed by atoms with Crippen LogP contribution in [-0.4, -0.2) is 11.2 Å². The molecular weight excluding hydrogens is 364 g/mol. The van der Waals surface area contributed by atoms with Crippen molar-refractivity contribution >= 4 is 0 Å². The fourth-order valence-corrected chi connectivity index (χ4v) is 10.1. The highest BCUT2D eigenvalue weighted by Gasteiger charge is 2.62. The minimum absolute atomic E-state index is 0.0472. The summed E-state index contributed by atoms with van der Waals surface area (Å²) in [5.41, 5.74) is 0.814. The number of hydrogen-bond acceptors (Lipinski definition) is 1. The van der Waals surface area contributed by atoms with Crippen LogP contribution in [0.15, 0.2) is 0 Å². The van der Waals surface area contributed by atoms with Gasteiger partial charge in [-0.05, 0) is 110 Å². The summed E-state index contributed by atoms with van der Waals surface area (Å²) < 4.78 is 0. The molecule has 174 valence electrons. The van der Waals surface area contributed by atoms with Crippen LogP contribution in [0.2, 0.25) is 0 Å². The van der Waals surface area contributed by atoms with Crippen LogP contribution in [0.4, 0.5) is 0 Å². The Labute approximate surface area is 188 Å². The highest BCUT2D eigenvalue weighted by molar-refractivity contribution is 5.11. The molecule has 0 aliphatic heterocycles. The summed E-state index contributed by atoms with van der Waals surface area (Å²) in [7, 11) is 0. The van der Waals surface area contributed by atoms with E-state index in [-0.39, 0.29) is 6.10 Å². The van der Waals surface area contributed by atoms with Crippen LogP contribution < -0.4 is 0 Å². The first kappa shape index (κ1) is 23.1. The van der Waals surface area contributed by atoms with Crippen LogP contribution in [0.3, 0.4) is 0 Å². The van der Waals surface area contributed by atoms with Crippen molar-refractivity contribution in [3.8, 4) is 0 Å². The molecule has 0 amide bonds. The van der Waals surface area contributed by atoms with E-state index in [1.54, 1.807) is 0 Å². The van der Waals surface area contributed by atoms with Crippen LogP contribution in [0.25, 0.3) is 0 Å². The predicted octanol–water partition coefficient (Wildman–Crippen LogP) is 8.10. The van der Waals surface area contributed by atoms with E-state index in [1.165, 1.54) is 70.6 Å². The van der Waals surface area contributed by atoms with Crippen LogP contribution in [-0.2, 0) is 0 Å². The van der Waals surface area contributed by atoms with Gasteiger partial charge in [-0.15, -0.1) is 0 Å². The lowest BCUT2D eigenvalue weighted by atomic mass is 9.43. The first-order valence-electron chi connectivity index (χ1n) is 13.9. The van der Waals surface area contributed by atoms with Crippen molar-refractivity contribution in [1.82, 2.24) is 0 Å². The molecule has 30 heavy (non-hydrogen) atoms. The molecule has 0 aromatic heterocycles. The van der Waals surface area contributed by atoms with Crippen molar-refractivity contribution in [2.24, 2.45) is 58.2 Å². The molecule has 0 aromatic rings. The number of rotatable bonds is 6. The van der Waals surface area contributed by atoms with Crippen molar-refractivity contribution in [2.45, 2.75) is 125 Å². The van der Waals surface area contributed by atoms with E-state index in [0.717, 1.165) is 47.8 Å². The summed E-state index contributed by atoms with van der Waals surface area (Å²) in [5, 5.41) is 11.6. The lowest BCUT2D eigenvalue weighted by Gasteiger charge is -2.62. The number of fused-ring (bicyclic) bond motifs is 5. The van der Waals surface area contributed by atoms with Crippen molar-refractivity contribution < 1.29 is 5.11 Å². The Bertz CT molecular complexity index is 583. The fourth-order valence-electron chi connectivity index (χ4n) is 10.1. The van der Waals surface area contributed by atoms with Crippen molar-refractivity contribution in [3.63, 3.8) is 0 Å². The summed E-state index contributed by atoms with van der Waals surface area (Å²) in [4.78, 5) is 0. The molecule has 1 heteroatoms. The standard InChI is InChI=1S/C29H52O/c1-7-21(19(2)3)12-11-20(4)24-15-16-25-23-14-13-22-10-8-9-17-28(22,5)27(23)26(30)18-29(24,25)6/h19-27,30H,7-18H2,1-6H3/t20-,21-,22?,23+,24-,25+,26?,27-,28+,29-/m1/s1. The topological polar surface area (TPSA) is 20.2 Å². The van der Waals surface area contributed by atoms with Gasteiger partial charge in [0.15, 0.2) is 0 Å². The van der Waals surface area contributed by atoms with Gasteiger partial charge in [-0.1, -0.05) is 67.2 Å². The summed E-state index contributed by atoms with van der Waals surface area (Å²) in [5.74, 6) is 6.52. The smallest absolute Gasteiger partial charge is 0.0581 e. The second-order valence-corrected chi connectivity index (χ2v) is 13.3. The van der Waals surface area contributed by atoms with E-state index < -0.39 is 0 Å². The highest BCUT2D eigenvalue weighted by Crippen LogP contribution is 2.68. The van der Waals surface area contributed by atoms with Crippen LogP contribution >= 0.6 is 0 Å². The minimum atomic E-state index is -0.0472. The molecule has 0 heterocycles. The van der Waals surface area contributed by atoms with Crippen LogP contribution in [0, 0.1) is 58.2 Å². The Morgan fingerprint density at radius 2 is 1.67 bits per heavy atom. The lowest BCUT2D eigenvalue weighted by Crippen LogP contribution is -2.58. The summed E-state index contributed by atoms with van der Waals surface area (Å²) in [6.07, 6.45) is 16.6. The third-order valence-electron chi connectivity index (χ3n) is 11.7. The van der Waals surface area contributed by atoms with E-state index in [0.29, 0.717) is 16.7 Å². The zero-order chi connectivity index (χ0) is 21.7. The maximum absolute atomic E-state index is 11.6. The van der Waals surface area contributed by atoms with Gasteiger partial charge in [-0.2, -0.15) is 0 Å². The second-order valence-electron chi connectivity index (χ2n) is 13.3. The molecule has 0 saturated heterocycles. The lowest BCUT2D eigenvalue weighted by molar-refractivity contribution is -0.171. The zero-order valence-electron chi connectivity index (χ0n) is 21.1. The molecular formula is C29H52O. The van der Waals surface area contributed by atoms with Gasteiger partial charge in [0, 0.05) is 0 Å². The average molecular weight is 417 g/mol. The number of aliphatic hydroxyl groups is 1. The maximum Gasteiger partial charge on any atom is 0.0581 e. The summed E-state index contributed by atoms with van der Waals surface area (Å²) in [6.45, 7) is 15.0. The van der Waals surface area contributed by atoms with Crippen molar-refractivity contribution in [3.05, 3.63) is 0 Å². The first-order valence-corrected chi connectivity index (χ1v) is 13.9. The molecule has 4 fully saturated rings. The SMILES string of the molecule is CC[C@H](CC[C@@H](C)[C@H]1CC[C@H]2[C@@H]3CCC4CCCC[C@]4(C)[C@H]3C(O)C[C@]12C)C(C)C. The molecule has 10 atom stereocenters. The Hall–Kier alpha value is -0.0400. The Morgan fingerprint density at radius 3 is 2.37 bits per heavy atom. The monoisotopic (exact) mass is 416 g/mol. The summed E-state index contributed by atoms with van der Waals surface area (Å²) in [6, 6.07) is 0. The molecule has 0 aromatic carbocycles. The quantitative estimate of drug-likeness (QED) is 0.463. The molecule has 4 saturated carbocycles. The first-order chi connectivity index (χ1) is 14.2. The van der Waals surface area contributed by atoms with Crippen LogP contribution in [0.5, 0.6) is 0 Å². The molecule has 1 nitrogen and oxygen atoms in total. The van der Waals surface area contributed by atoms with Crippen molar-refractivity contribution in [2.75, 3.05) is 0 Å². The normalized spacial score (nSPS) is 48.0. The Balaban J connectivity index is 1.50. The average Bonchev–Trinajstić information content (AvgIpc) is 3.03. The molecule has 0 spiro atoms. The Kier molecular flexibility index (Phi) is 6.72. The molecule has 4 aliphatic rings. The van der Waals surface area contributed by atoms with E-state index in [2.05, 4.69) is 41.5 Å². The van der Waals surface area contributed by atoms with Gasteiger partial charge >= 0.3 is 0 Å². The maximum atomic E-state index is 11.6. The van der Waals surface area contributed by atoms with E-state index in [9.17, 15) is 5.11 Å². The second kappa shape index (κ2) is 8.72. The fraction of sp³-hybridized carbons (Fsp3) is 1.00. The van der Waals surface area contributed by atoms with Gasteiger partial charge in [-0.25, -0.2) is 0 Å². The van der Waals surface area contributed by atoms with E-state index >= 15 is 0 Å². The molecule has 4 rings (SSSR count). The molecule has 4 aliphatic carbocycles. The van der Waals surface area contributed by atoms with Crippen LogP contribution in [0.1, 0.15) is 119 Å². The zero-order valence-corrected chi connectivity index (χ0v) is 21.1. The molecule has 1 N–H and O–H groups in total. The molecule has 2 unspecified atom stereocenters. The van der Waals surface area contributed by atoms with E-state index in [1.807, 2.05) is 0 Å². The predicted molar refractivity (Wildman–Crippen MR) is 128 cm³/mol. The van der Waals surface area contributed by atoms with Crippen molar-refractivity contribution in [1.29, 1.82) is 0 Å². The van der Waals surface area contributed by atoms with E-state index in [4.69, 9.17) is 0 Å². The largest absolute Gasteiger partial charge is 0.393 e. The highest BCUT2D eigenvalue weighted by atomic mass is 16.3. The van der Waals surface area contributed by atoms with Gasteiger partial charge in [0.05, 0.1) is 6.10 Å². The number of aliphatic hydroxyl groups excluding tert-OH is 1. The van der Waals surface area contributed by atoms with Gasteiger partial charge in [0.1, 0.15) is 0 Å². The van der Waals surface area contributed by atoms with Gasteiger partial charge < -0.3 is 5.11 Å². The number of hydrogen-bond donors (Lipinski definition) is 1. The molecule has 0 radical (unpaired) electrons. The molecule has 0 bridgehead atoms. The summed E-state index contributed by atoms with van der Waals surface area (Å²) >= 11 is 0. The van der Waals surface area contributed by atoms with Gasteiger partial charge in [0.2, 0.25) is 0 Å². The third kappa shape index (κ3) is 3.72. The van der Waals surface area contributed by atoms with Gasteiger partial charge in [0.25, 0.3) is 0 Å².